The minimum absolute atomic E-state index is 0.325. The quantitative estimate of drug-likeness (QED) is 0.558. The number of aromatic nitrogens is 5. The van der Waals surface area contributed by atoms with Crippen molar-refractivity contribution < 1.29 is 0 Å². The highest BCUT2D eigenvalue weighted by molar-refractivity contribution is 7.98. The second-order valence-corrected chi connectivity index (χ2v) is 6.66. The third-order valence-corrected chi connectivity index (χ3v) is 4.75. The Morgan fingerprint density at radius 1 is 1.16 bits per heavy atom. The minimum atomic E-state index is -0.325. The number of hydrogen-bond acceptors (Lipinski definition) is 5. The molecule has 0 saturated carbocycles. The molecule has 8 heteroatoms. The Kier molecular flexibility index (Phi) is 4.25. The molecule has 0 saturated heterocycles. The summed E-state index contributed by atoms with van der Waals surface area (Å²) in [6.07, 6.45) is 3.37. The third kappa shape index (κ3) is 3.29. The van der Waals surface area contributed by atoms with Gasteiger partial charge in [0.2, 0.25) is 0 Å². The van der Waals surface area contributed by atoms with Gasteiger partial charge >= 0.3 is 5.69 Å². The molecule has 0 radical (unpaired) electrons. The standard InChI is InChI=1S/C17H12ClN5OS/c18-12-6-4-11(5-7-12)14-9-20-23-15(14)21-16(22-17(23)24)25-10-13-3-1-2-8-19-13/h1-9H,10H2,(H,21,22,24). The molecule has 0 spiro atoms. The van der Waals surface area contributed by atoms with Gasteiger partial charge in [0.15, 0.2) is 10.8 Å². The predicted octanol–water partition coefficient (Wildman–Crippen LogP) is 3.43. The summed E-state index contributed by atoms with van der Waals surface area (Å²) in [5.74, 6) is 0.615. The summed E-state index contributed by atoms with van der Waals surface area (Å²) in [5, 5.41) is 5.31. The number of rotatable bonds is 4. The number of benzene rings is 1. The number of fused-ring (bicyclic) bond motifs is 1. The highest BCUT2D eigenvalue weighted by Crippen LogP contribution is 2.25. The fourth-order valence-electron chi connectivity index (χ4n) is 2.39. The van der Waals surface area contributed by atoms with Crippen molar-refractivity contribution in [2.75, 3.05) is 0 Å². The first-order valence-electron chi connectivity index (χ1n) is 7.47. The largest absolute Gasteiger partial charge is 0.350 e. The van der Waals surface area contributed by atoms with Crippen molar-refractivity contribution in [2.45, 2.75) is 10.9 Å². The van der Waals surface area contributed by atoms with E-state index in [9.17, 15) is 4.79 Å². The van der Waals surface area contributed by atoms with Crippen molar-refractivity contribution in [3.8, 4) is 11.1 Å². The normalized spacial score (nSPS) is 11.1. The smallest absolute Gasteiger partial charge is 0.285 e. The molecular formula is C17H12ClN5OS. The zero-order chi connectivity index (χ0) is 17.2. The number of aromatic amines is 1. The summed E-state index contributed by atoms with van der Waals surface area (Å²) in [7, 11) is 0. The van der Waals surface area contributed by atoms with E-state index in [0.29, 0.717) is 21.6 Å². The van der Waals surface area contributed by atoms with E-state index in [4.69, 9.17) is 11.6 Å². The summed E-state index contributed by atoms with van der Waals surface area (Å²) in [5.41, 5.74) is 2.78. The summed E-state index contributed by atoms with van der Waals surface area (Å²) < 4.78 is 1.26. The first-order chi connectivity index (χ1) is 12.2. The Hall–Kier alpha value is -2.64. The monoisotopic (exact) mass is 369 g/mol. The van der Waals surface area contributed by atoms with Gasteiger partial charge in [-0.15, -0.1) is 0 Å². The van der Waals surface area contributed by atoms with Crippen LogP contribution in [0.15, 0.2) is 64.8 Å². The van der Waals surface area contributed by atoms with E-state index in [2.05, 4.69) is 20.1 Å². The van der Waals surface area contributed by atoms with Crippen LogP contribution in [0.5, 0.6) is 0 Å². The number of halogens is 1. The van der Waals surface area contributed by atoms with Gasteiger partial charge in [0.25, 0.3) is 0 Å². The Balaban J connectivity index is 1.71. The maximum atomic E-state index is 12.3. The van der Waals surface area contributed by atoms with Crippen LogP contribution in [0, 0.1) is 0 Å². The first kappa shape index (κ1) is 15.9. The highest BCUT2D eigenvalue weighted by Gasteiger charge is 2.12. The van der Waals surface area contributed by atoms with Crippen LogP contribution < -0.4 is 5.69 Å². The van der Waals surface area contributed by atoms with Gasteiger partial charge < -0.3 is 0 Å². The van der Waals surface area contributed by atoms with Gasteiger partial charge in [-0.25, -0.2) is 9.78 Å². The van der Waals surface area contributed by atoms with Crippen LogP contribution in [-0.4, -0.2) is 24.6 Å². The average molecular weight is 370 g/mol. The highest BCUT2D eigenvalue weighted by atomic mass is 35.5. The van der Waals surface area contributed by atoms with Crippen LogP contribution in [-0.2, 0) is 5.75 Å². The molecule has 6 nitrogen and oxygen atoms in total. The van der Waals surface area contributed by atoms with Gasteiger partial charge in [0.1, 0.15) is 0 Å². The van der Waals surface area contributed by atoms with E-state index in [1.54, 1.807) is 24.5 Å². The van der Waals surface area contributed by atoms with Crippen molar-refractivity contribution in [3.63, 3.8) is 0 Å². The van der Waals surface area contributed by atoms with Crippen molar-refractivity contribution in [3.05, 3.63) is 76.1 Å². The number of pyridine rings is 1. The van der Waals surface area contributed by atoms with Gasteiger partial charge in [-0.2, -0.15) is 9.61 Å². The second kappa shape index (κ2) is 6.70. The molecule has 1 aromatic carbocycles. The van der Waals surface area contributed by atoms with Crippen molar-refractivity contribution in [2.24, 2.45) is 0 Å². The number of thioether (sulfide) groups is 1. The van der Waals surface area contributed by atoms with Crippen molar-refractivity contribution in [1.82, 2.24) is 24.6 Å². The second-order valence-electron chi connectivity index (χ2n) is 5.26. The molecule has 3 heterocycles. The van der Waals surface area contributed by atoms with Crippen LogP contribution in [0.4, 0.5) is 0 Å². The van der Waals surface area contributed by atoms with E-state index >= 15 is 0 Å². The summed E-state index contributed by atoms with van der Waals surface area (Å²) >= 11 is 7.36. The molecule has 1 N–H and O–H groups in total. The predicted molar refractivity (Wildman–Crippen MR) is 97.9 cm³/mol. The van der Waals surface area contributed by atoms with Gasteiger partial charge in [-0.3, -0.25) is 9.97 Å². The molecular weight excluding hydrogens is 358 g/mol. The van der Waals surface area contributed by atoms with Crippen LogP contribution in [0.1, 0.15) is 5.69 Å². The third-order valence-electron chi connectivity index (χ3n) is 3.60. The Bertz CT molecular complexity index is 1080. The molecule has 25 heavy (non-hydrogen) atoms. The number of hydrogen-bond donors (Lipinski definition) is 1. The lowest BCUT2D eigenvalue weighted by Gasteiger charge is -2.03. The SMILES string of the molecule is O=c1[nH]c(SCc2ccccn2)nc2c(-c3ccc(Cl)cc3)cnn12. The number of nitrogens with one attached hydrogen (secondary N) is 1. The van der Waals surface area contributed by atoms with Crippen LogP contribution in [0.25, 0.3) is 16.8 Å². The van der Waals surface area contributed by atoms with E-state index in [1.807, 2.05) is 30.3 Å². The van der Waals surface area contributed by atoms with Gasteiger partial charge in [0.05, 0.1) is 11.9 Å². The minimum Gasteiger partial charge on any atom is -0.285 e. The summed E-state index contributed by atoms with van der Waals surface area (Å²) in [4.78, 5) is 23.8. The fraction of sp³-hybridized carbons (Fsp3) is 0.0588. The number of H-pyrrole nitrogens is 1. The molecule has 0 fully saturated rings. The maximum Gasteiger partial charge on any atom is 0.350 e. The van der Waals surface area contributed by atoms with Gasteiger partial charge in [0, 0.05) is 22.5 Å². The molecule has 0 unspecified atom stereocenters. The molecule has 0 amide bonds. The van der Waals surface area contributed by atoms with Gasteiger partial charge in [-0.05, 0) is 29.8 Å². The zero-order valence-electron chi connectivity index (χ0n) is 12.9. The lowest BCUT2D eigenvalue weighted by molar-refractivity contribution is 0.786. The Morgan fingerprint density at radius 2 is 2.00 bits per heavy atom. The zero-order valence-corrected chi connectivity index (χ0v) is 14.5. The Morgan fingerprint density at radius 3 is 2.76 bits per heavy atom. The van der Waals surface area contributed by atoms with Crippen molar-refractivity contribution in [1.29, 1.82) is 0 Å². The number of nitrogens with zero attached hydrogens (tertiary/aromatic N) is 4. The van der Waals surface area contributed by atoms with Crippen LogP contribution in [0.3, 0.4) is 0 Å². The first-order valence-corrected chi connectivity index (χ1v) is 8.84. The lowest BCUT2D eigenvalue weighted by Crippen LogP contribution is -2.19. The van der Waals surface area contributed by atoms with Gasteiger partial charge in [-0.1, -0.05) is 41.6 Å². The van der Waals surface area contributed by atoms with E-state index < -0.39 is 0 Å². The average Bonchev–Trinajstić information content (AvgIpc) is 3.06. The molecule has 0 aliphatic heterocycles. The molecule has 0 atom stereocenters. The molecule has 0 aliphatic rings. The molecule has 4 aromatic rings. The molecule has 0 aliphatic carbocycles. The van der Waals surface area contributed by atoms with Crippen LogP contribution >= 0.6 is 23.4 Å². The molecule has 3 aromatic heterocycles. The van der Waals surface area contributed by atoms with E-state index in [0.717, 1.165) is 16.8 Å². The Labute approximate surface area is 151 Å². The summed E-state index contributed by atoms with van der Waals surface area (Å²) in [6, 6.07) is 13.1. The molecule has 124 valence electrons. The van der Waals surface area contributed by atoms with Crippen LogP contribution in [0.2, 0.25) is 5.02 Å². The molecule has 4 rings (SSSR count). The van der Waals surface area contributed by atoms with E-state index in [-0.39, 0.29) is 5.69 Å². The topological polar surface area (TPSA) is 75.9 Å². The van der Waals surface area contributed by atoms with E-state index in [1.165, 1.54) is 16.3 Å². The fourth-order valence-corrected chi connectivity index (χ4v) is 3.29. The lowest BCUT2D eigenvalue weighted by atomic mass is 10.1. The molecule has 0 bridgehead atoms. The van der Waals surface area contributed by atoms with Crippen molar-refractivity contribution >= 4 is 29.0 Å². The summed E-state index contributed by atoms with van der Waals surface area (Å²) in [6.45, 7) is 0. The maximum absolute atomic E-state index is 12.3.